The van der Waals surface area contributed by atoms with Gasteiger partial charge in [-0.05, 0) is 26.7 Å². The molecule has 0 saturated carbocycles. The van der Waals surface area contributed by atoms with Gasteiger partial charge >= 0.3 is 0 Å². The summed E-state index contributed by atoms with van der Waals surface area (Å²) < 4.78 is 27.6. The maximum absolute atomic E-state index is 11.4. The van der Waals surface area contributed by atoms with Gasteiger partial charge in [-0.25, -0.2) is 0 Å². The summed E-state index contributed by atoms with van der Waals surface area (Å²) in [6, 6.07) is 0. The molecule has 1 heterocycles. The number of hydrogen-bond donors (Lipinski definition) is 0. The Morgan fingerprint density at radius 2 is 1.85 bits per heavy atom. The highest BCUT2D eigenvalue weighted by molar-refractivity contribution is 7.87. The molecule has 3 nitrogen and oxygen atoms in total. The lowest BCUT2D eigenvalue weighted by Crippen LogP contribution is -2.26. The molecule has 0 aromatic rings. The maximum Gasteiger partial charge on any atom is 0.270 e. The molecule has 0 unspecified atom stereocenters. The Balaban J connectivity index is 2.33. The van der Waals surface area contributed by atoms with E-state index in [2.05, 4.69) is 6.92 Å². The van der Waals surface area contributed by atoms with Crippen LogP contribution < -0.4 is 0 Å². The first-order valence-corrected chi connectivity index (χ1v) is 6.01. The van der Waals surface area contributed by atoms with Crippen molar-refractivity contribution in [2.24, 2.45) is 5.92 Å². The van der Waals surface area contributed by atoms with E-state index in [1.54, 1.807) is 0 Å². The molecular formula is C9H14O3S. The second-order valence-electron chi connectivity index (χ2n) is 4.04. The van der Waals surface area contributed by atoms with Gasteiger partial charge in [-0.15, -0.1) is 0 Å². The maximum atomic E-state index is 11.4. The smallest absolute Gasteiger partial charge is 0.270 e. The van der Waals surface area contributed by atoms with E-state index in [9.17, 15) is 8.42 Å². The van der Waals surface area contributed by atoms with Crippen LogP contribution in [0.4, 0.5) is 0 Å². The lowest BCUT2D eigenvalue weighted by molar-refractivity contribution is 0.302. The van der Waals surface area contributed by atoms with E-state index >= 15 is 0 Å². The zero-order valence-electron chi connectivity index (χ0n) is 7.91. The highest BCUT2D eigenvalue weighted by Gasteiger charge is 2.43. The second-order valence-corrected chi connectivity index (χ2v) is 5.87. The first kappa shape index (κ1) is 9.21. The van der Waals surface area contributed by atoms with Crippen molar-refractivity contribution in [2.45, 2.75) is 31.9 Å². The summed E-state index contributed by atoms with van der Waals surface area (Å²) in [6.45, 7) is 4.48. The zero-order chi connectivity index (χ0) is 9.64. The number of fused-ring (bicyclic) bond motifs is 1. The predicted octanol–water partition coefficient (Wildman–Crippen LogP) is 1.46. The summed E-state index contributed by atoms with van der Waals surface area (Å²) in [4.78, 5) is 0. The van der Waals surface area contributed by atoms with Crippen LogP contribution in [0.2, 0.25) is 0 Å². The van der Waals surface area contributed by atoms with Crippen LogP contribution in [0, 0.1) is 5.92 Å². The normalized spacial score (nSPS) is 37.7. The van der Waals surface area contributed by atoms with Gasteiger partial charge in [0.2, 0.25) is 0 Å². The van der Waals surface area contributed by atoms with E-state index < -0.39 is 10.1 Å². The molecule has 0 amide bonds. The summed E-state index contributed by atoms with van der Waals surface area (Å²) in [5.41, 5.74) is 2.55. The van der Waals surface area contributed by atoms with Crippen molar-refractivity contribution in [1.29, 1.82) is 0 Å². The fourth-order valence-electron chi connectivity index (χ4n) is 2.12. The summed E-state index contributed by atoms with van der Waals surface area (Å²) in [5.74, 6) is 0.202. The summed E-state index contributed by atoms with van der Waals surface area (Å²) in [6.07, 6.45) is 1.55. The minimum absolute atomic E-state index is 0.202. The van der Waals surface area contributed by atoms with Crippen LogP contribution in [-0.2, 0) is 14.3 Å². The van der Waals surface area contributed by atoms with Gasteiger partial charge in [0.15, 0.2) is 0 Å². The van der Waals surface area contributed by atoms with E-state index in [1.165, 1.54) is 11.1 Å². The van der Waals surface area contributed by atoms with E-state index in [1.807, 2.05) is 6.92 Å². The minimum Gasteiger partial charge on any atom is -0.270 e. The molecule has 74 valence electrons. The van der Waals surface area contributed by atoms with Gasteiger partial charge < -0.3 is 0 Å². The molecule has 0 radical (unpaired) electrons. The monoisotopic (exact) mass is 202 g/mol. The van der Waals surface area contributed by atoms with Gasteiger partial charge in [0.1, 0.15) is 0 Å². The zero-order valence-corrected chi connectivity index (χ0v) is 8.73. The largest absolute Gasteiger partial charge is 0.270 e. The number of rotatable bonds is 0. The van der Waals surface area contributed by atoms with E-state index in [0.717, 1.165) is 6.42 Å². The van der Waals surface area contributed by atoms with Crippen LogP contribution >= 0.6 is 0 Å². The highest BCUT2D eigenvalue weighted by Crippen LogP contribution is 2.38. The van der Waals surface area contributed by atoms with Crippen molar-refractivity contribution in [3.05, 3.63) is 11.1 Å². The standard InChI is InChI=1S/C9H14O3S/c1-6-3-8-5-12-13(10,11)9(8)4-7(6)2/h8-9H,3-5H2,1-2H3/t8-,9-/m1/s1. The van der Waals surface area contributed by atoms with Crippen LogP contribution in [0.25, 0.3) is 0 Å². The first-order chi connectivity index (χ1) is 6.00. The quantitative estimate of drug-likeness (QED) is 0.441. The van der Waals surface area contributed by atoms with Crippen molar-refractivity contribution in [3.8, 4) is 0 Å². The minimum atomic E-state index is -3.24. The SMILES string of the molecule is CC1=C(C)C[C@@H]2[C@@H](COS2(=O)=O)C1. The van der Waals surface area contributed by atoms with Crippen LogP contribution in [0.5, 0.6) is 0 Å². The Kier molecular flexibility index (Phi) is 2.00. The van der Waals surface area contributed by atoms with Crippen molar-refractivity contribution >= 4 is 10.1 Å². The summed E-state index contributed by atoms with van der Waals surface area (Å²) in [7, 11) is -3.24. The summed E-state index contributed by atoms with van der Waals surface area (Å²) >= 11 is 0. The molecule has 0 aromatic carbocycles. The third-order valence-corrected chi connectivity index (χ3v) is 4.91. The van der Waals surface area contributed by atoms with Gasteiger partial charge in [0.05, 0.1) is 11.9 Å². The topological polar surface area (TPSA) is 43.4 Å². The molecule has 0 N–H and O–H groups in total. The highest BCUT2D eigenvalue weighted by atomic mass is 32.2. The second kappa shape index (κ2) is 2.82. The van der Waals surface area contributed by atoms with E-state index in [0.29, 0.717) is 13.0 Å². The third-order valence-electron chi connectivity index (χ3n) is 3.15. The molecular weight excluding hydrogens is 188 g/mol. The Morgan fingerprint density at radius 1 is 1.23 bits per heavy atom. The van der Waals surface area contributed by atoms with Crippen molar-refractivity contribution in [1.82, 2.24) is 0 Å². The van der Waals surface area contributed by atoms with Gasteiger partial charge in [0, 0.05) is 5.92 Å². The lowest BCUT2D eigenvalue weighted by atomic mass is 9.85. The lowest BCUT2D eigenvalue weighted by Gasteiger charge is -2.24. The van der Waals surface area contributed by atoms with E-state index in [4.69, 9.17) is 4.18 Å². The Bertz CT molecular complexity index is 353. The molecule has 1 fully saturated rings. The Labute approximate surface area is 78.9 Å². The average Bonchev–Trinajstić information content (AvgIpc) is 2.31. The first-order valence-electron chi connectivity index (χ1n) is 4.54. The van der Waals surface area contributed by atoms with Crippen molar-refractivity contribution in [3.63, 3.8) is 0 Å². The van der Waals surface area contributed by atoms with Crippen molar-refractivity contribution < 1.29 is 12.6 Å². The van der Waals surface area contributed by atoms with Crippen LogP contribution in [0.3, 0.4) is 0 Å². The van der Waals surface area contributed by atoms with E-state index in [-0.39, 0.29) is 11.2 Å². The van der Waals surface area contributed by atoms with Crippen LogP contribution in [0.1, 0.15) is 26.7 Å². The Morgan fingerprint density at radius 3 is 2.54 bits per heavy atom. The van der Waals surface area contributed by atoms with Gasteiger partial charge in [0.25, 0.3) is 10.1 Å². The molecule has 2 rings (SSSR count). The predicted molar refractivity (Wildman–Crippen MR) is 49.8 cm³/mol. The molecule has 0 spiro atoms. The van der Waals surface area contributed by atoms with Crippen LogP contribution in [0.15, 0.2) is 11.1 Å². The third kappa shape index (κ3) is 1.42. The number of hydrogen-bond acceptors (Lipinski definition) is 3. The van der Waals surface area contributed by atoms with Crippen molar-refractivity contribution in [2.75, 3.05) is 6.61 Å². The molecule has 13 heavy (non-hydrogen) atoms. The van der Waals surface area contributed by atoms with Crippen LogP contribution in [-0.4, -0.2) is 20.3 Å². The van der Waals surface area contributed by atoms with Gasteiger partial charge in [-0.3, -0.25) is 4.18 Å². The molecule has 0 bridgehead atoms. The number of allylic oxidation sites excluding steroid dienone is 2. The molecule has 1 aliphatic heterocycles. The molecule has 4 heteroatoms. The average molecular weight is 202 g/mol. The molecule has 2 atom stereocenters. The molecule has 0 aromatic heterocycles. The molecule has 1 saturated heterocycles. The molecule has 2 aliphatic rings. The fourth-order valence-corrected chi connectivity index (χ4v) is 3.75. The van der Waals surface area contributed by atoms with Gasteiger partial charge in [-0.2, -0.15) is 8.42 Å². The summed E-state index contributed by atoms with van der Waals surface area (Å²) in [5, 5.41) is -0.267. The van der Waals surface area contributed by atoms with Gasteiger partial charge in [-0.1, -0.05) is 11.1 Å². The fraction of sp³-hybridized carbons (Fsp3) is 0.778. The molecule has 1 aliphatic carbocycles. The Hall–Kier alpha value is -0.350.